The number of halogens is 2. The summed E-state index contributed by atoms with van der Waals surface area (Å²) in [6.45, 7) is 0. The summed E-state index contributed by atoms with van der Waals surface area (Å²) < 4.78 is 0.483. The third-order valence-electron chi connectivity index (χ3n) is 2.70. The maximum absolute atomic E-state index is 11.8. The van der Waals surface area contributed by atoms with Crippen LogP contribution in [0.5, 0.6) is 17.2 Å². The molecule has 0 unspecified atom stereocenters. The van der Waals surface area contributed by atoms with Crippen molar-refractivity contribution in [2.45, 2.75) is 0 Å². The Labute approximate surface area is 142 Å². The highest BCUT2D eigenvalue weighted by atomic mass is 79.9. The lowest BCUT2D eigenvalue weighted by molar-refractivity contribution is 0.0955. The van der Waals surface area contributed by atoms with E-state index in [0.29, 0.717) is 15.6 Å². The highest BCUT2D eigenvalue weighted by Gasteiger charge is 2.12. The minimum Gasteiger partial charge on any atom is -0.508 e. The van der Waals surface area contributed by atoms with E-state index >= 15 is 0 Å². The number of rotatable bonds is 3. The van der Waals surface area contributed by atoms with Gasteiger partial charge in [0.05, 0.1) is 10.7 Å². The Kier molecular flexibility index (Phi) is 5.04. The second-order valence-corrected chi connectivity index (χ2v) is 5.85. The van der Waals surface area contributed by atoms with Crippen molar-refractivity contribution in [1.29, 1.82) is 0 Å². The van der Waals surface area contributed by atoms with Crippen LogP contribution >= 0.6 is 31.9 Å². The number of hydrogen-bond donors (Lipinski definition) is 4. The van der Waals surface area contributed by atoms with E-state index in [4.69, 9.17) is 5.11 Å². The number of hydrazone groups is 1. The maximum atomic E-state index is 11.8. The van der Waals surface area contributed by atoms with Crippen LogP contribution in [0.1, 0.15) is 15.9 Å². The predicted octanol–water partition coefficient (Wildman–Crippen LogP) is 3.09. The molecule has 0 radical (unpaired) electrons. The van der Waals surface area contributed by atoms with Crippen LogP contribution < -0.4 is 5.43 Å². The summed E-state index contributed by atoms with van der Waals surface area (Å²) in [6, 6.07) is 7.12. The van der Waals surface area contributed by atoms with E-state index in [1.54, 1.807) is 0 Å². The smallest absolute Gasteiger partial charge is 0.271 e. The van der Waals surface area contributed by atoms with Crippen molar-refractivity contribution in [2.75, 3.05) is 0 Å². The lowest BCUT2D eigenvalue weighted by Crippen LogP contribution is -2.17. The van der Waals surface area contributed by atoms with Gasteiger partial charge in [0.25, 0.3) is 5.91 Å². The van der Waals surface area contributed by atoms with Crippen molar-refractivity contribution in [1.82, 2.24) is 5.43 Å². The molecular formula is C14H10Br2N2O4. The average molecular weight is 430 g/mol. The van der Waals surface area contributed by atoms with Crippen LogP contribution in [0.4, 0.5) is 0 Å². The zero-order valence-electron chi connectivity index (χ0n) is 10.9. The van der Waals surface area contributed by atoms with Gasteiger partial charge < -0.3 is 15.3 Å². The highest BCUT2D eigenvalue weighted by molar-refractivity contribution is 9.11. The first kappa shape index (κ1) is 16.3. The van der Waals surface area contributed by atoms with Gasteiger partial charge >= 0.3 is 0 Å². The third kappa shape index (κ3) is 3.58. The summed E-state index contributed by atoms with van der Waals surface area (Å²) in [5, 5.41) is 32.4. The molecule has 0 saturated heterocycles. The van der Waals surface area contributed by atoms with Crippen molar-refractivity contribution in [3.05, 3.63) is 50.4 Å². The summed E-state index contributed by atoms with van der Waals surface area (Å²) in [6.07, 6.45) is 1.24. The van der Waals surface area contributed by atoms with Gasteiger partial charge in [0, 0.05) is 11.1 Å². The molecule has 0 saturated carbocycles. The zero-order chi connectivity index (χ0) is 16.3. The van der Waals surface area contributed by atoms with Crippen molar-refractivity contribution in [3.8, 4) is 17.2 Å². The van der Waals surface area contributed by atoms with Gasteiger partial charge in [-0.3, -0.25) is 4.79 Å². The normalized spacial score (nSPS) is 10.8. The van der Waals surface area contributed by atoms with Gasteiger partial charge in [0.15, 0.2) is 0 Å². The summed E-state index contributed by atoms with van der Waals surface area (Å²) in [7, 11) is 0. The van der Waals surface area contributed by atoms with Crippen LogP contribution in [0.3, 0.4) is 0 Å². The minimum atomic E-state index is -0.465. The number of aromatic hydroxyl groups is 3. The number of nitrogens with one attached hydrogen (secondary N) is 1. The van der Waals surface area contributed by atoms with Gasteiger partial charge in [-0.05, 0) is 62.2 Å². The summed E-state index contributed by atoms with van der Waals surface area (Å²) >= 11 is 6.17. The van der Waals surface area contributed by atoms with Crippen LogP contribution in [0.25, 0.3) is 0 Å². The molecule has 0 fully saturated rings. The van der Waals surface area contributed by atoms with Crippen LogP contribution in [-0.4, -0.2) is 27.4 Å². The number of phenolic OH excluding ortho intramolecular Hbond substituents is 3. The number of hydrogen-bond acceptors (Lipinski definition) is 5. The number of phenols is 3. The van der Waals surface area contributed by atoms with E-state index < -0.39 is 5.91 Å². The summed E-state index contributed by atoms with van der Waals surface area (Å²) in [4.78, 5) is 11.8. The molecule has 22 heavy (non-hydrogen) atoms. The van der Waals surface area contributed by atoms with Crippen molar-refractivity contribution in [2.24, 2.45) is 5.10 Å². The first-order valence-electron chi connectivity index (χ1n) is 5.92. The lowest BCUT2D eigenvalue weighted by Gasteiger charge is -2.06. The Morgan fingerprint density at radius 3 is 2.36 bits per heavy atom. The van der Waals surface area contributed by atoms with E-state index in [9.17, 15) is 15.0 Å². The Morgan fingerprint density at radius 1 is 1.09 bits per heavy atom. The minimum absolute atomic E-state index is 0.0590. The molecule has 0 spiro atoms. The molecule has 1 amide bonds. The molecule has 0 aliphatic carbocycles. The topological polar surface area (TPSA) is 102 Å². The summed E-state index contributed by atoms with van der Waals surface area (Å²) in [5.74, 6) is -0.748. The molecule has 2 rings (SSSR count). The Morgan fingerprint density at radius 2 is 1.73 bits per heavy atom. The Balaban J connectivity index is 2.13. The van der Waals surface area contributed by atoms with Gasteiger partial charge in [-0.2, -0.15) is 5.10 Å². The Hall–Kier alpha value is -2.06. The number of benzene rings is 2. The molecule has 8 heteroatoms. The molecule has 4 N–H and O–H groups in total. The predicted molar refractivity (Wildman–Crippen MR) is 88.3 cm³/mol. The molecule has 0 atom stereocenters. The quantitative estimate of drug-likeness (QED) is 0.444. The molecule has 2 aromatic rings. The molecule has 2 aromatic carbocycles. The van der Waals surface area contributed by atoms with Gasteiger partial charge in [-0.1, -0.05) is 0 Å². The third-order valence-corrected chi connectivity index (χ3v) is 4.05. The second-order valence-electron chi connectivity index (χ2n) is 4.20. The van der Waals surface area contributed by atoms with Gasteiger partial charge in [-0.25, -0.2) is 5.43 Å². The average Bonchev–Trinajstić information content (AvgIpc) is 2.50. The molecule has 0 aliphatic rings. The van der Waals surface area contributed by atoms with Gasteiger partial charge in [-0.15, -0.1) is 0 Å². The van der Waals surface area contributed by atoms with Crippen molar-refractivity contribution < 1.29 is 20.1 Å². The standard InChI is InChI=1S/C14H10Br2N2O4/c15-10-5-8(12(20)11(16)13(10)21)6-17-18-14(22)7-1-3-9(19)4-2-7/h1-6,19-21H,(H,18,22)/b17-6-. The number of amides is 1. The first-order valence-corrected chi connectivity index (χ1v) is 7.51. The molecule has 6 nitrogen and oxygen atoms in total. The number of carbonyl (C=O) groups excluding carboxylic acids is 1. The van der Waals surface area contributed by atoms with E-state index in [1.807, 2.05) is 0 Å². The zero-order valence-corrected chi connectivity index (χ0v) is 14.1. The maximum Gasteiger partial charge on any atom is 0.271 e. The van der Waals surface area contributed by atoms with Crippen LogP contribution in [0.2, 0.25) is 0 Å². The van der Waals surface area contributed by atoms with E-state index in [-0.39, 0.29) is 21.7 Å². The molecular weight excluding hydrogens is 420 g/mol. The van der Waals surface area contributed by atoms with E-state index in [1.165, 1.54) is 36.5 Å². The first-order chi connectivity index (χ1) is 10.4. The van der Waals surface area contributed by atoms with Crippen LogP contribution in [0.15, 0.2) is 44.4 Å². The van der Waals surface area contributed by atoms with Crippen molar-refractivity contribution in [3.63, 3.8) is 0 Å². The van der Waals surface area contributed by atoms with Crippen molar-refractivity contribution >= 4 is 44.0 Å². The fourth-order valence-corrected chi connectivity index (χ4v) is 2.71. The number of carbonyl (C=O) groups is 1. The molecule has 114 valence electrons. The fraction of sp³-hybridized carbons (Fsp3) is 0. The SMILES string of the molecule is O=C(N/N=C\c1cc(Br)c(O)c(Br)c1O)c1ccc(O)cc1. The summed E-state index contributed by atoms with van der Waals surface area (Å²) in [5.41, 5.74) is 2.91. The van der Waals surface area contributed by atoms with E-state index in [2.05, 4.69) is 42.4 Å². The lowest BCUT2D eigenvalue weighted by atomic mass is 10.2. The Bertz CT molecular complexity index is 745. The van der Waals surface area contributed by atoms with Gasteiger partial charge in [0.2, 0.25) is 0 Å². The van der Waals surface area contributed by atoms with Crippen LogP contribution in [0, 0.1) is 0 Å². The molecule has 0 bridgehead atoms. The molecule has 0 heterocycles. The monoisotopic (exact) mass is 428 g/mol. The number of nitrogens with zero attached hydrogens (tertiary/aromatic N) is 1. The highest BCUT2D eigenvalue weighted by Crippen LogP contribution is 2.40. The fourth-order valence-electron chi connectivity index (χ4n) is 1.55. The molecule has 0 aromatic heterocycles. The van der Waals surface area contributed by atoms with Crippen LogP contribution in [-0.2, 0) is 0 Å². The van der Waals surface area contributed by atoms with Gasteiger partial charge in [0.1, 0.15) is 21.7 Å². The second kappa shape index (κ2) is 6.80. The van der Waals surface area contributed by atoms with E-state index in [0.717, 1.165) is 0 Å². The largest absolute Gasteiger partial charge is 0.508 e. The molecule has 0 aliphatic heterocycles.